The van der Waals surface area contributed by atoms with Gasteiger partial charge in [0.2, 0.25) is 0 Å². The van der Waals surface area contributed by atoms with Crippen molar-refractivity contribution in [1.29, 1.82) is 0 Å². The van der Waals surface area contributed by atoms with Gasteiger partial charge in [0.05, 0.1) is 17.1 Å². The maximum absolute atomic E-state index is 12.5. The Morgan fingerprint density at radius 3 is 1.68 bits per heavy atom. The molecule has 0 aromatic rings. The normalized spacial score (nSPS) is 38.6. The second-order valence-electron chi connectivity index (χ2n) is 9.42. The second-order valence-corrected chi connectivity index (χ2v) is 9.42. The van der Waals surface area contributed by atoms with Crippen LogP contribution in [-0.2, 0) is 28.5 Å². The molecule has 0 amide bonds. The second kappa shape index (κ2) is 8.21. The van der Waals surface area contributed by atoms with Crippen molar-refractivity contribution in [3.63, 3.8) is 0 Å². The molecule has 4 rings (SSSR count). The van der Waals surface area contributed by atoms with Gasteiger partial charge in [-0.05, 0) is 52.9 Å². The number of hydrogen-bond acceptors (Lipinski definition) is 6. The summed E-state index contributed by atoms with van der Waals surface area (Å²) in [5.74, 6) is 0.133. The zero-order valence-corrected chi connectivity index (χ0v) is 18.4. The SMILES string of the molecule is CCOC(C)OC12CC3CC(OC(=O)C(C)C)(C1)CC(OC(C)OCC)(C3)C2. The van der Waals surface area contributed by atoms with E-state index in [1.54, 1.807) is 0 Å². The van der Waals surface area contributed by atoms with Crippen LogP contribution < -0.4 is 0 Å². The fourth-order valence-electron chi connectivity index (χ4n) is 6.13. The van der Waals surface area contributed by atoms with E-state index in [0.29, 0.717) is 19.1 Å². The van der Waals surface area contributed by atoms with Crippen LogP contribution in [0.2, 0.25) is 0 Å². The van der Waals surface area contributed by atoms with Crippen LogP contribution in [0.1, 0.15) is 80.1 Å². The average molecular weight is 399 g/mol. The summed E-state index contributed by atoms with van der Waals surface area (Å²) >= 11 is 0. The Balaban J connectivity index is 1.87. The quantitative estimate of drug-likeness (QED) is 0.406. The Hall–Kier alpha value is -0.690. The summed E-state index contributed by atoms with van der Waals surface area (Å²) < 4.78 is 30.5. The molecule has 4 unspecified atom stereocenters. The third-order valence-corrected chi connectivity index (χ3v) is 6.34. The van der Waals surface area contributed by atoms with Crippen LogP contribution in [0.15, 0.2) is 0 Å². The molecule has 0 heterocycles. The number of hydrogen-bond donors (Lipinski definition) is 0. The summed E-state index contributed by atoms with van der Waals surface area (Å²) in [6.45, 7) is 12.8. The number of esters is 1. The van der Waals surface area contributed by atoms with E-state index in [0.717, 1.165) is 38.5 Å². The molecular weight excluding hydrogens is 360 g/mol. The summed E-state index contributed by atoms with van der Waals surface area (Å²) in [6, 6.07) is 0. The van der Waals surface area contributed by atoms with Crippen LogP contribution >= 0.6 is 0 Å². The lowest BCUT2D eigenvalue weighted by Gasteiger charge is -2.65. The highest BCUT2D eigenvalue weighted by Gasteiger charge is 2.67. The predicted octanol–water partition coefficient (Wildman–Crippen LogP) is 4.20. The van der Waals surface area contributed by atoms with E-state index >= 15 is 0 Å². The Kier molecular flexibility index (Phi) is 6.45. The molecule has 4 fully saturated rings. The molecule has 0 aliphatic heterocycles. The third-order valence-electron chi connectivity index (χ3n) is 6.34. The smallest absolute Gasteiger partial charge is 0.308 e. The minimum atomic E-state index is -0.515. The fourth-order valence-corrected chi connectivity index (χ4v) is 6.13. The van der Waals surface area contributed by atoms with Crippen molar-refractivity contribution in [1.82, 2.24) is 0 Å². The number of rotatable bonds is 10. The van der Waals surface area contributed by atoms with Gasteiger partial charge in [-0.2, -0.15) is 0 Å². The van der Waals surface area contributed by atoms with Gasteiger partial charge in [-0.1, -0.05) is 13.8 Å². The van der Waals surface area contributed by atoms with Crippen LogP contribution in [0, 0.1) is 11.8 Å². The molecular formula is C22H38O6. The van der Waals surface area contributed by atoms with E-state index in [-0.39, 0.29) is 35.7 Å². The lowest BCUT2D eigenvalue weighted by molar-refractivity contribution is -0.333. The lowest BCUT2D eigenvalue weighted by atomic mass is 9.50. The molecule has 0 aromatic heterocycles. The van der Waals surface area contributed by atoms with Crippen molar-refractivity contribution in [2.45, 2.75) is 109 Å². The molecule has 0 spiro atoms. The Morgan fingerprint density at radius 2 is 1.25 bits per heavy atom. The molecule has 162 valence electrons. The highest BCUT2D eigenvalue weighted by molar-refractivity contribution is 5.72. The number of ether oxygens (including phenoxy) is 5. The molecule has 28 heavy (non-hydrogen) atoms. The minimum absolute atomic E-state index is 0.136. The zero-order valence-electron chi connectivity index (χ0n) is 18.4. The van der Waals surface area contributed by atoms with E-state index in [9.17, 15) is 4.79 Å². The zero-order chi connectivity index (χ0) is 20.6. The van der Waals surface area contributed by atoms with Crippen molar-refractivity contribution in [3.05, 3.63) is 0 Å². The highest BCUT2D eigenvalue weighted by Crippen LogP contribution is 2.63. The molecule has 0 radical (unpaired) electrons. The van der Waals surface area contributed by atoms with Crippen LogP contribution in [0.5, 0.6) is 0 Å². The van der Waals surface area contributed by atoms with E-state index in [4.69, 9.17) is 23.7 Å². The van der Waals surface area contributed by atoms with Gasteiger partial charge < -0.3 is 23.7 Å². The third kappa shape index (κ3) is 4.55. The van der Waals surface area contributed by atoms with E-state index in [1.165, 1.54) is 0 Å². The minimum Gasteiger partial charge on any atom is -0.459 e. The Labute approximate surface area is 169 Å². The van der Waals surface area contributed by atoms with Crippen LogP contribution in [-0.4, -0.2) is 48.6 Å². The topological polar surface area (TPSA) is 63.2 Å². The number of carbonyl (C=O) groups is 1. The highest BCUT2D eigenvalue weighted by atomic mass is 16.7. The predicted molar refractivity (Wildman–Crippen MR) is 105 cm³/mol. The molecule has 4 bridgehead atoms. The average Bonchev–Trinajstić information content (AvgIpc) is 2.51. The first-order valence-corrected chi connectivity index (χ1v) is 11.0. The van der Waals surface area contributed by atoms with E-state index < -0.39 is 5.60 Å². The molecule has 6 heteroatoms. The summed E-state index contributed by atoms with van der Waals surface area (Å²) in [5, 5.41) is 0. The summed E-state index contributed by atoms with van der Waals surface area (Å²) in [6.07, 6.45) is 4.50. The largest absolute Gasteiger partial charge is 0.459 e. The van der Waals surface area contributed by atoms with Crippen molar-refractivity contribution in [2.24, 2.45) is 11.8 Å². The van der Waals surface area contributed by atoms with Gasteiger partial charge >= 0.3 is 5.97 Å². The van der Waals surface area contributed by atoms with Gasteiger partial charge in [0, 0.05) is 32.5 Å². The van der Waals surface area contributed by atoms with Crippen molar-refractivity contribution >= 4 is 5.97 Å². The van der Waals surface area contributed by atoms with E-state index in [2.05, 4.69) is 0 Å². The molecule has 4 saturated carbocycles. The molecule has 0 N–H and O–H groups in total. The first-order chi connectivity index (χ1) is 13.1. The standard InChI is InChI=1S/C22H38O6/c1-7-24-16(5)26-20-9-18-10-21(12-20,27-17(6)25-8-2)14-22(11-18,13-20)28-19(23)15(3)4/h15-18H,7-14H2,1-6H3. The van der Waals surface area contributed by atoms with Crippen molar-refractivity contribution < 1.29 is 28.5 Å². The molecule has 6 nitrogen and oxygen atoms in total. The Bertz CT molecular complexity index is 531. The lowest BCUT2D eigenvalue weighted by Crippen LogP contribution is -2.69. The number of carbonyl (C=O) groups excluding carboxylic acids is 1. The summed E-state index contributed by atoms with van der Waals surface area (Å²) in [5.41, 5.74) is -1.27. The maximum Gasteiger partial charge on any atom is 0.308 e. The van der Waals surface area contributed by atoms with Gasteiger partial charge in [-0.3, -0.25) is 4.79 Å². The van der Waals surface area contributed by atoms with Crippen LogP contribution in [0.25, 0.3) is 0 Å². The maximum atomic E-state index is 12.5. The van der Waals surface area contributed by atoms with Gasteiger partial charge in [-0.15, -0.1) is 0 Å². The monoisotopic (exact) mass is 398 g/mol. The van der Waals surface area contributed by atoms with E-state index in [1.807, 2.05) is 41.5 Å². The van der Waals surface area contributed by atoms with Crippen LogP contribution in [0.3, 0.4) is 0 Å². The van der Waals surface area contributed by atoms with Gasteiger partial charge in [-0.25, -0.2) is 0 Å². The van der Waals surface area contributed by atoms with Gasteiger partial charge in [0.25, 0.3) is 0 Å². The Morgan fingerprint density at radius 1 is 0.821 bits per heavy atom. The summed E-state index contributed by atoms with van der Waals surface area (Å²) in [4.78, 5) is 12.5. The molecule has 4 aliphatic carbocycles. The molecule has 0 saturated heterocycles. The van der Waals surface area contributed by atoms with Gasteiger partial charge in [0.15, 0.2) is 12.6 Å². The summed E-state index contributed by atoms with van der Waals surface area (Å²) in [7, 11) is 0. The molecule has 4 atom stereocenters. The van der Waals surface area contributed by atoms with Gasteiger partial charge in [0.1, 0.15) is 5.60 Å². The van der Waals surface area contributed by atoms with Crippen molar-refractivity contribution in [3.8, 4) is 0 Å². The first-order valence-electron chi connectivity index (χ1n) is 11.0. The molecule has 4 aliphatic rings. The first kappa shape index (κ1) is 22.0. The van der Waals surface area contributed by atoms with Crippen LogP contribution in [0.4, 0.5) is 0 Å². The van der Waals surface area contributed by atoms with Crippen molar-refractivity contribution in [2.75, 3.05) is 13.2 Å². The molecule has 0 aromatic carbocycles. The fraction of sp³-hybridized carbons (Fsp3) is 0.955.